The predicted octanol–water partition coefficient (Wildman–Crippen LogP) is 2.12. The molecule has 5 heteroatoms. The van der Waals surface area contributed by atoms with E-state index in [1.807, 2.05) is 13.0 Å². The van der Waals surface area contributed by atoms with Crippen LogP contribution in [0.1, 0.15) is 46.5 Å². The third-order valence-corrected chi connectivity index (χ3v) is 8.03. The number of aliphatic hydroxyl groups is 3. The number of carbonyl (C=O) groups is 1. The molecular formula is C20H30O5. The van der Waals surface area contributed by atoms with Gasteiger partial charge in [-0.3, -0.25) is 4.79 Å². The molecule has 0 aromatic heterocycles. The average Bonchev–Trinajstić information content (AvgIpc) is 2.56. The first-order valence-electron chi connectivity index (χ1n) is 9.20. The second-order valence-electron chi connectivity index (χ2n) is 8.70. The maximum Gasteiger partial charge on any atom is 0.315 e. The Labute approximate surface area is 149 Å². The summed E-state index contributed by atoms with van der Waals surface area (Å²) in [6.07, 6.45) is 3.47. The number of rotatable bonds is 2. The molecule has 140 valence electrons. The van der Waals surface area contributed by atoms with Gasteiger partial charge in [0.2, 0.25) is 0 Å². The average molecular weight is 350 g/mol. The van der Waals surface area contributed by atoms with Crippen molar-refractivity contribution in [3.8, 4) is 0 Å². The highest BCUT2D eigenvalue weighted by Gasteiger charge is 2.74. The lowest BCUT2D eigenvalue weighted by atomic mass is 9.40. The van der Waals surface area contributed by atoms with E-state index in [-0.39, 0.29) is 17.8 Å². The standard InChI is InChI=1S/C20H30O5/c1-5-12-6-7-14-13(11(12)2)10-16(22)20(25)18(14,3)9-8-15(21)19(20,4)17(23)24/h5-6,11,13-16,21-22,25H,1,7-10H2,2-4H3,(H,23,24)/t11-,13-,14-,15+,16+,18+,19+,20-/m0/s1. The predicted molar refractivity (Wildman–Crippen MR) is 93.7 cm³/mol. The highest BCUT2D eigenvalue weighted by Crippen LogP contribution is 2.66. The van der Waals surface area contributed by atoms with Gasteiger partial charge in [0.15, 0.2) is 0 Å². The van der Waals surface area contributed by atoms with Gasteiger partial charge >= 0.3 is 5.97 Å². The van der Waals surface area contributed by atoms with Gasteiger partial charge in [-0.15, -0.1) is 0 Å². The minimum atomic E-state index is -1.87. The molecule has 3 rings (SSSR count). The summed E-state index contributed by atoms with van der Waals surface area (Å²) in [7, 11) is 0. The van der Waals surface area contributed by atoms with E-state index in [4.69, 9.17) is 0 Å². The number of carboxylic acid groups (broad SMARTS) is 1. The molecule has 3 aliphatic carbocycles. The molecule has 0 radical (unpaired) electrons. The highest BCUT2D eigenvalue weighted by molar-refractivity contribution is 5.77. The molecule has 0 spiro atoms. The minimum absolute atomic E-state index is 0.0609. The van der Waals surface area contributed by atoms with Gasteiger partial charge in [0.1, 0.15) is 11.0 Å². The van der Waals surface area contributed by atoms with Crippen LogP contribution in [0.4, 0.5) is 0 Å². The van der Waals surface area contributed by atoms with Gasteiger partial charge in [-0.25, -0.2) is 0 Å². The third-order valence-electron chi connectivity index (χ3n) is 8.03. The van der Waals surface area contributed by atoms with Crippen molar-refractivity contribution in [2.75, 3.05) is 0 Å². The summed E-state index contributed by atoms with van der Waals surface area (Å²) < 4.78 is 0. The van der Waals surface area contributed by atoms with Crippen molar-refractivity contribution in [2.45, 2.75) is 64.3 Å². The van der Waals surface area contributed by atoms with Crippen LogP contribution in [0.3, 0.4) is 0 Å². The Hall–Kier alpha value is -1.17. The molecule has 0 saturated heterocycles. The van der Waals surface area contributed by atoms with Gasteiger partial charge in [-0.2, -0.15) is 0 Å². The van der Waals surface area contributed by atoms with E-state index in [0.717, 1.165) is 12.0 Å². The first kappa shape index (κ1) is 18.6. The van der Waals surface area contributed by atoms with E-state index in [2.05, 4.69) is 19.6 Å². The van der Waals surface area contributed by atoms with E-state index in [9.17, 15) is 25.2 Å². The Morgan fingerprint density at radius 2 is 1.96 bits per heavy atom. The van der Waals surface area contributed by atoms with Crippen molar-refractivity contribution in [2.24, 2.45) is 28.6 Å². The summed E-state index contributed by atoms with van der Waals surface area (Å²) in [4.78, 5) is 12.1. The largest absolute Gasteiger partial charge is 0.481 e. The quantitative estimate of drug-likeness (QED) is 0.611. The van der Waals surface area contributed by atoms with Crippen LogP contribution in [-0.4, -0.2) is 44.2 Å². The van der Waals surface area contributed by atoms with Crippen molar-refractivity contribution in [1.82, 2.24) is 0 Å². The van der Waals surface area contributed by atoms with Crippen LogP contribution in [0.5, 0.6) is 0 Å². The van der Waals surface area contributed by atoms with Gasteiger partial charge in [0, 0.05) is 5.41 Å². The fourth-order valence-electron chi connectivity index (χ4n) is 6.28. The van der Waals surface area contributed by atoms with Gasteiger partial charge in [-0.1, -0.05) is 32.6 Å². The molecule has 2 saturated carbocycles. The van der Waals surface area contributed by atoms with Crippen LogP contribution in [-0.2, 0) is 4.79 Å². The van der Waals surface area contributed by atoms with Crippen molar-refractivity contribution >= 4 is 5.97 Å². The summed E-state index contributed by atoms with van der Waals surface area (Å²) in [6.45, 7) is 9.27. The lowest BCUT2D eigenvalue weighted by molar-refractivity contribution is -0.307. The van der Waals surface area contributed by atoms with Crippen molar-refractivity contribution in [1.29, 1.82) is 0 Å². The SMILES string of the molecule is C=CC1=CC[C@H]2[C@@H](C[C@@H](O)[C@@]3(O)[C@@](C)(C(=O)O)[C@H](O)CC[C@]23C)[C@H]1C. The number of hydrogen-bond donors (Lipinski definition) is 4. The topological polar surface area (TPSA) is 98.0 Å². The maximum atomic E-state index is 12.1. The highest BCUT2D eigenvalue weighted by atomic mass is 16.4. The van der Waals surface area contributed by atoms with Crippen LogP contribution in [0.25, 0.3) is 0 Å². The van der Waals surface area contributed by atoms with Gasteiger partial charge in [-0.05, 0) is 55.9 Å². The third kappa shape index (κ3) is 2.03. The zero-order valence-corrected chi connectivity index (χ0v) is 15.3. The molecule has 8 atom stereocenters. The summed E-state index contributed by atoms with van der Waals surface area (Å²) in [5.41, 5.74) is -3.29. The number of aliphatic hydroxyl groups excluding tert-OH is 2. The van der Waals surface area contributed by atoms with Crippen molar-refractivity contribution in [3.63, 3.8) is 0 Å². The molecular weight excluding hydrogens is 320 g/mol. The minimum Gasteiger partial charge on any atom is -0.481 e. The van der Waals surface area contributed by atoms with Gasteiger partial charge in [0.25, 0.3) is 0 Å². The molecule has 0 aliphatic heterocycles. The number of allylic oxidation sites excluding steroid dienone is 3. The normalized spacial score (nSPS) is 52.6. The van der Waals surface area contributed by atoms with Gasteiger partial charge in [0.05, 0.1) is 12.2 Å². The zero-order chi connectivity index (χ0) is 18.8. The zero-order valence-electron chi connectivity index (χ0n) is 15.3. The molecule has 0 bridgehead atoms. The van der Waals surface area contributed by atoms with Crippen LogP contribution in [0.15, 0.2) is 24.3 Å². The Kier molecular flexibility index (Phi) is 4.22. The fraction of sp³-hybridized carbons (Fsp3) is 0.750. The van der Waals surface area contributed by atoms with E-state index >= 15 is 0 Å². The molecule has 0 aromatic carbocycles. The molecule has 5 nitrogen and oxygen atoms in total. The number of fused-ring (bicyclic) bond motifs is 3. The second kappa shape index (κ2) is 5.66. The first-order valence-corrected chi connectivity index (χ1v) is 9.20. The van der Waals surface area contributed by atoms with Crippen LogP contribution in [0, 0.1) is 28.6 Å². The van der Waals surface area contributed by atoms with Crippen molar-refractivity contribution in [3.05, 3.63) is 24.3 Å². The summed E-state index contributed by atoms with van der Waals surface area (Å²) in [6, 6.07) is 0. The second-order valence-corrected chi connectivity index (χ2v) is 8.70. The van der Waals surface area contributed by atoms with E-state index < -0.39 is 34.6 Å². The number of carboxylic acids is 1. The Morgan fingerprint density at radius 1 is 1.32 bits per heavy atom. The molecule has 0 unspecified atom stereocenters. The van der Waals surface area contributed by atoms with E-state index in [0.29, 0.717) is 19.3 Å². The van der Waals surface area contributed by atoms with E-state index in [1.165, 1.54) is 6.92 Å². The van der Waals surface area contributed by atoms with Crippen LogP contribution >= 0.6 is 0 Å². The molecule has 0 amide bonds. The number of hydrogen-bond acceptors (Lipinski definition) is 4. The Balaban J connectivity index is 2.16. The van der Waals surface area contributed by atoms with E-state index in [1.54, 1.807) is 0 Å². The molecule has 0 heterocycles. The molecule has 25 heavy (non-hydrogen) atoms. The van der Waals surface area contributed by atoms with Crippen LogP contribution in [0.2, 0.25) is 0 Å². The smallest absolute Gasteiger partial charge is 0.315 e. The van der Waals surface area contributed by atoms with Crippen LogP contribution < -0.4 is 0 Å². The monoisotopic (exact) mass is 350 g/mol. The summed E-state index contributed by atoms with van der Waals surface area (Å²) in [5, 5.41) is 43.0. The molecule has 4 N–H and O–H groups in total. The Morgan fingerprint density at radius 3 is 2.52 bits per heavy atom. The molecule has 3 aliphatic rings. The first-order chi connectivity index (χ1) is 11.6. The lowest BCUT2D eigenvalue weighted by Crippen LogP contribution is -2.77. The lowest BCUT2D eigenvalue weighted by Gasteiger charge is -2.67. The molecule has 2 fully saturated rings. The fourth-order valence-corrected chi connectivity index (χ4v) is 6.28. The summed E-state index contributed by atoms with van der Waals surface area (Å²) >= 11 is 0. The maximum absolute atomic E-state index is 12.1. The van der Waals surface area contributed by atoms with Gasteiger partial charge < -0.3 is 20.4 Å². The Bertz CT molecular complexity index is 628. The molecule has 0 aromatic rings. The number of aliphatic carboxylic acids is 1. The van der Waals surface area contributed by atoms with Crippen molar-refractivity contribution < 1.29 is 25.2 Å². The summed E-state index contributed by atoms with van der Waals surface area (Å²) in [5.74, 6) is -0.829.